The van der Waals surface area contributed by atoms with Gasteiger partial charge in [0.1, 0.15) is 0 Å². The first kappa shape index (κ1) is 30.4. The Labute approximate surface area is 200 Å². The summed E-state index contributed by atoms with van der Waals surface area (Å²) in [5, 5.41) is 3.50. The molecule has 0 bridgehead atoms. The molecule has 0 saturated heterocycles. The maximum Gasteiger partial charge on any atom is 0.0144 e. The molecule has 32 heavy (non-hydrogen) atoms. The van der Waals surface area contributed by atoms with Gasteiger partial charge in [-0.25, -0.2) is 0 Å². The third kappa shape index (κ3) is 24.7. The standard InChI is InChI=1S/C29H53N3/c1-2-3-4-5-6-7-8-9-10-11-12-13-14-15-16-17-18-19-20-24-29(25-23-27-31)32-28-22-21-26-30/h13-20,24,32H,2-12,21-23,25-28,30-31H2,1H3. The largest absolute Gasteiger partial charge is 0.388 e. The van der Waals surface area contributed by atoms with Crippen LogP contribution in [0.15, 0.2) is 60.4 Å². The van der Waals surface area contributed by atoms with Gasteiger partial charge in [-0.2, -0.15) is 0 Å². The topological polar surface area (TPSA) is 64.1 Å². The third-order valence-electron chi connectivity index (χ3n) is 5.46. The van der Waals surface area contributed by atoms with Crippen molar-refractivity contribution in [2.75, 3.05) is 19.6 Å². The summed E-state index contributed by atoms with van der Waals surface area (Å²) < 4.78 is 0. The fourth-order valence-electron chi connectivity index (χ4n) is 3.46. The summed E-state index contributed by atoms with van der Waals surface area (Å²) in [5.74, 6) is 0. The minimum Gasteiger partial charge on any atom is -0.388 e. The molecule has 0 heterocycles. The van der Waals surface area contributed by atoms with Gasteiger partial charge in [-0.15, -0.1) is 0 Å². The van der Waals surface area contributed by atoms with E-state index in [4.69, 9.17) is 11.5 Å². The zero-order valence-corrected chi connectivity index (χ0v) is 21.1. The summed E-state index contributed by atoms with van der Waals surface area (Å²) in [5.41, 5.74) is 12.4. The van der Waals surface area contributed by atoms with Gasteiger partial charge in [-0.3, -0.25) is 0 Å². The summed E-state index contributed by atoms with van der Waals surface area (Å²) in [6.45, 7) is 4.75. The third-order valence-corrected chi connectivity index (χ3v) is 5.46. The van der Waals surface area contributed by atoms with E-state index in [0.717, 1.165) is 45.3 Å². The van der Waals surface area contributed by atoms with Gasteiger partial charge in [0.15, 0.2) is 0 Å². The molecule has 0 aliphatic carbocycles. The minimum atomic E-state index is 0.725. The van der Waals surface area contributed by atoms with E-state index in [1.165, 1.54) is 76.3 Å². The van der Waals surface area contributed by atoms with Crippen molar-refractivity contribution in [3.05, 3.63) is 60.4 Å². The second-order valence-corrected chi connectivity index (χ2v) is 8.56. The molecule has 3 heteroatoms. The summed E-state index contributed by atoms with van der Waals surface area (Å²) in [6.07, 6.45) is 38.5. The van der Waals surface area contributed by atoms with Crippen LogP contribution in [0.5, 0.6) is 0 Å². The second-order valence-electron chi connectivity index (χ2n) is 8.56. The number of hydrogen-bond donors (Lipinski definition) is 3. The van der Waals surface area contributed by atoms with Crippen molar-refractivity contribution in [1.82, 2.24) is 5.32 Å². The van der Waals surface area contributed by atoms with E-state index in [1.807, 2.05) is 0 Å². The first-order valence-corrected chi connectivity index (χ1v) is 13.3. The van der Waals surface area contributed by atoms with Crippen LogP contribution in [-0.4, -0.2) is 19.6 Å². The Morgan fingerprint density at radius 2 is 1.16 bits per heavy atom. The summed E-state index contributed by atoms with van der Waals surface area (Å²) in [4.78, 5) is 0. The van der Waals surface area contributed by atoms with E-state index < -0.39 is 0 Å². The fourth-order valence-corrected chi connectivity index (χ4v) is 3.46. The average molecular weight is 444 g/mol. The van der Waals surface area contributed by atoms with Crippen LogP contribution < -0.4 is 16.8 Å². The Hall–Kier alpha value is -1.58. The van der Waals surface area contributed by atoms with Gasteiger partial charge in [0.05, 0.1) is 0 Å². The van der Waals surface area contributed by atoms with Gasteiger partial charge in [0.2, 0.25) is 0 Å². The number of rotatable bonds is 23. The van der Waals surface area contributed by atoms with E-state index in [1.54, 1.807) is 0 Å². The number of nitrogens with one attached hydrogen (secondary N) is 1. The zero-order chi connectivity index (χ0) is 23.4. The van der Waals surface area contributed by atoms with Crippen molar-refractivity contribution < 1.29 is 0 Å². The maximum atomic E-state index is 5.64. The van der Waals surface area contributed by atoms with Crippen molar-refractivity contribution in [1.29, 1.82) is 0 Å². The quantitative estimate of drug-likeness (QED) is 0.113. The van der Waals surface area contributed by atoms with Crippen molar-refractivity contribution in [3.63, 3.8) is 0 Å². The molecule has 5 N–H and O–H groups in total. The highest BCUT2D eigenvalue weighted by Gasteiger charge is 1.95. The van der Waals surface area contributed by atoms with Gasteiger partial charge in [0, 0.05) is 12.2 Å². The Kier molecular flexibility index (Phi) is 26.1. The van der Waals surface area contributed by atoms with Crippen LogP contribution in [0.3, 0.4) is 0 Å². The number of hydrogen-bond acceptors (Lipinski definition) is 3. The zero-order valence-electron chi connectivity index (χ0n) is 21.1. The van der Waals surface area contributed by atoms with Crippen molar-refractivity contribution in [3.8, 4) is 0 Å². The lowest BCUT2D eigenvalue weighted by molar-refractivity contribution is 0.557. The molecule has 0 unspecified atom stereocenters. The predicted octanol–water partition coefficient (Wildman–Crippen LogP) is 7.47. The highest BCUT2D eigenvalue weighted by atomic mass is 14.9. The van der Waals surface area contributed by atoms with Gasteiger partial charge in [-0.1, -0.05) is 113 Å². The number of unbranched alkanes of at least 4 members (excludes halogenated alkanes) is 11. The lowest BCUT2D eigenvalue weighted by Crippen LogP contribution is -2.16. The van der Waals surface area contributed by atoms with Crippen LogP contribution in [0.1, 0.15) is 103 Å². The van der Waals surface area contributed by atoms with Gasteiger partial charge >= 0.3 is 0 Å². The maximum absolute atomic E-state index is 5.64. The molecule has 0 amide bonds. The molecule has 0 saturated carbocycles. The smallest absolute Gasteiger partial charge is 0.0144 e. The SMILES string of the molecule is CCCCCCCCCCCCC=CC=CC=CC=CC=C(CCCN)NCCCCN. The highest BCUT2D eigenvalue weighted by Crippen LogP contribution is 2.11. The summed E-state index contributed by atoms with van der Waals surface area (Å²) >= 11 is 0. The Bertz CT molecular complexity index is 514. The average Bonchev–Trinajstić information content (AvgIpc) is 2.81. The van der Waals surface area contributed by atoms with Crippen LogP contribution in [0.25, 0.3) is 0 Å². The molecular formula is C29H53N3. The van der Waals surface area contributed by atoms with E-state index in [2.05, 4.69) is 66.9 Å². The van der Waals surface area contributed by atoms with Crippen molar-refractivity contribution >= 4 is 0 Å². The van der Waals surface area contributed by atoms with Crippen LogP contribution in [-0.2, 0) is 0 Å². The Morgan fingerprint density at radius 1 is 0.594 bits per heavy atom. The molecule has 3 nitrogen and oxygen atoms in total. The molecule has 0 aliphatic rings. The molecule has 0 aromatic carbocycles. The first-order valence-electron chi connectivity index (χ1n) is 13.3. The Balaban J connectivity index is 3.81. The molecule has 0 fully saturated rings. The van der Waals surface area contributed by atoms with E-state index in [-0.39, 0.29) is 0 Å². The van der Waals surface area contributed by atoms with Gasteiger partial charge in [0.25, 0.3) is 0 Å². The van der Waals surface area contributed by atoms with Crippen molar-refractivity contribution in [2.24, 2.45) is 11.5 Å². The molecule has 0 aromatic heterocycles. The normalized spacial score (nSPS) is 12.9. The number of allylic oxidation sites excluding steroid dienone is 10. The molecule has 0 aliphatic heterocycles. The van der Waals surface area contributed by atoms with Gasteiger partial charge < -0.3 is 16.8 Å². The minimum absolute atomic E-state index is 0.725. The molecule has 0 rings (SSSR count). The van der Waals surface area contributed by atoms with Crippen LogP contribution >= 0.6 is 0 Å². The molecule has 0 aromatic rings. The first-order chi connectivity index (χ1) is 15.8. The lowest BCUT2D eigenvalue weighted by atomic mass is 10.1. The summed E-state index contributed by atoms with van der Waals surface area (Å²) in [6, 6.07) is 0. The molecule has 0 spiro atoms. The molecule has 0 radical (unpaired) electrons. The molecule has 184 valence electrons. The van der Waals surface area contributed by atoms with E-state index >= 15 is 0 Å². The lowest BCUT2D eigenvalue weighted by Gasteiger charge is -2.09. The van der Waals surface area contributed by atoms with E-state index in [9.17, 15) is 0 Å². The van der Waals surface area contributed by atoms with E-state index in [0.29, 0.717) is 0 Å². The van der Waals surface area contributed by atoms with Gasteiger partial charge in [-0.05, 0) is 57.7 Å². The second kappa shape index (κ2) is 27.5. The molecule has 0 atom stereocenters. The highest BCUT2D eigenvalue weighted by molar-refractivity contribution is 5.19. The predicted molar refractivity (Wildman–Crippen MR) is 146 cm³/mol. The summed E-state index contributed by atoms with van der Waals surface area (Å²) in [7, 11) is 0. The number of nitrogens with two attached hydrogens (primary N) is 2. The van der Waals surface area contributed by atoms with Crippen molar-refractivity contribution in [2.45, 2.75) is 103 Å². The van der Waals surface area contributed by atoms with Crippen LogP contribution in [0.2, 0.25) is 0 Å². The molecular weight excluding hydrogens is 390 g/mol. The van der Waals surface area contributed by atoms with Crippen LogP contribution in [0, 0.1) is 0 Å². The fraction of sp³-hybridized carbons (Fsp3) is 0.655. The Morgan fingerprint density at radius 3 is 1.78 bits per heavy atom. The van der Waals surface area contributed by atoms with Crippen LogP contribution in [0.4, 0.5) is 0 Å². The monoisotopic (exact) mass is 443 g/mol.